The highest BCUT2D eigenvalue weighted by atomic mass is 32.1. The van der Waals surface area contributed by atoms with E-state index in [1.807, 2.05) is 30.3 Å². The number of aliphatic hydroxyl groups excluding tert-OH is 1. The number of thiophene rings is 1. The fraction of sp³-hybridized carbons (Fsp3) is 0.450. The molecule has 0 amide bonds. The van der Waals surface area contributed by atoms with Gasteiger partial charge in [0, 0.05) is 23.4 Å². The molecule has 4 nitrogen and oxygen atoms in total. The highest BCUT2D eigenvalue weighted by Crippen LogP contribution is 2.25. The standard InChI is InChI=1S/C20H26FNO3S/c1-20(22,14-23)10-9-18-16(21)12-19(26-18)17(24)8-5-11-25-13-15-6-3-2-4-7-15/h2-4,6-7,12,23H,5,8-11,13-14,22H2,1H3. The van der Waals surface area contributed by atoms with Crippen molar-refractivity contribution in [1.29, 1.82) is 0 Å². The number of aliphatic hydroxyl groups is 1. The highest BCUT2D eigenvalue weighted by Gasteiger charge is 2.20. The second kappa shape index (κ2) is 9.92. The Hall–Kier alpha value is -1.60. The zero-order valence-electron chi connectivity index (χ0n) is 15.0. The molecule has 0 aliphatic rings. The van der Waals surface area contributed by atoms with Crippen LogP contribution in [0.3, 0.4) is 0 Å². The minimum absolute atomic E-state index is 0.0684. The van der Waals surface area contributed by atoms with Gasteiger partial charge in [-0.1, -0.05) is 30.3 Å². The van der Waals surface area contributed by atoms with Gasteiger partial charge in [-0.3, -0.25) is 4.79 Å². The summed E-state index contributed by atoms with van der Waals surface area (Å²) in [6, 6.07) is 11.2. The van der Waals surface area contributed by atoms with Gasteiger partial charge >= 0.3 is 0 Å². The topological polar surface area (TPSA) is 72.5 Å². The van der Waals surface area contributed by atoms with Crippen LogP contribution in [-0.4, -0.2) is 29.6 Å². The molecule has 0 saturated carbocycles. The molecule has 1 heterocycles. The van der Waals surface area contributed by atoms with Crippen LogP contribution < -0.4 is 5.73 Å². The van der Waals surface area contributed by atoms with Crippen LogP contribution in [0.4, 0.5) is 4.39 Å². The Labute approximate surface area is 157 Å². The molecule has 3 N–H and O–H groups in total. The van der Waals surface area contributed by atoms with Gasteiger partial charge in [-0.25, -0.2) is 4.39 Å². The predicted molar refractivity (Wildman–Crippen MR) is 102 cm³/mol. The molecule has 0 radical (unpaired) electrons. The molecule has 0 fully saturated rings. The summed E-state index contributed by atoms with van der Waals surface area (Å²) in [5.74, 6) is -0.437. The quantitative estimate of drug-likeness (QED) is 0.461. The summed E-state index contributed by atoms with van der Waals surface area (Å²) < 4.78 is 19.6. The lowest BCUT2D eigenvalue weighted by Gasteiger charge is -2.20. The Bertz CT molecular complexity index is 700. The van der Waals surface area contributed by atoms with Gasteiger partial charge in [-0.05, 0) is 37.8 Å². The van der Waals surface area contributed by atoms with Crippen molar-refractivity contribution in [3.8, 4) is 0 Å². The van der Waals surface area contributed by atoms with E-state index < -0.39 is 5.54 Å². The molecule has 1 atom stereocenters. The number of aryl methyl sites for hydroxylation is 1. The number of hydrogen-bond donors (Lipinski definition) is 2. The van der Waals surface area contributed by atoms with Gasteiger partial charge in [0.05, 0.1) is 18.1 Å². The van der Waals surface area contributed by atoms with Crippen LogP contribution in [0.25, 0.3) is 0 Å². The second-order valence-electron chi connectivity index (χ2n) is 6.76. The maximum Gasteiger partial charge on any atom is 0.172 e. The van der Waals surface area contributed by atoms with Crippen molar-refractivity contribution < 1.29 is 19.0 Å². The lowest BCUT2D eigenvalue weighted by Crippen LogP contribution is -2.40. The number of nitrogens with two attached hydrogens (primary N) is 1. The normalized spacial score (nSPS) is 13.5. The van der Waals surface area contributed by atoms with Gasteiger partial charge < -0.3 is 15.6 Å². The largest absolute Gasteiger partial charge is 0.394 e. The molecule has 2 rings (SSSR count). The third kappa shape index (κ3) is 6.61. The Morgan fingerprint density at radius 1 is 1.35 bits per heavy atom. The average molecular weight is 379 g/mol. The molecular weight excluding hydrogens is 353 g/mol. The number of benzene rings is 1. The maximum absolute atomic E-state index is 14.0. The van der Waals surface area contributed by atoms with E-state index in [-0.39, 0.29) is 18.2 Å². The van der Waals surface area contributed by atoms with Gasteiger partial charge in [0.15, 0.2) is 5.78 Å². The minimum atomic E-state index is -0.739. The van der Waals surface area contributed by atoms with Crippen molar-refractivity contribution in [2.75, 3.05) is 13.2 Å². The molecule has 1 unspecified atom stereocenters. The predicted octanol–water partition coefficient (Wildman–Crippen LogP) is 3.71. The molecule has 2 aromatic rings. The maximum atomic E-state index is 14.0. The number of Topliss-reactive ketones (excluding diaryl/α,β-unsaturated/α-hetero) is 1. The van der Waals surface area contributed by atoms with Crippen LogP contribution >= 0.6 is 11.3 Å². The minimum Gasteiger partial charge on any atom is -0.394 e. The first kappa shape index (κ1) is 20.7. The Balaban J connectivity index is 1.74. The average Bonchev–Trinajstić information content (AvgIpc) is 3.01. The third-order valence-corrected chi connectivity index (χ3v) is 5.33. The zero-order chi connectivity index (χ0) is 19.0. The van der Waals surface area contributed by atoms with E-state index in [0.717, 1.165) is 5.56 Å². The summed E-state index contributed by atoms with van der Waals surface area (Å²) >= 11 is 1.18. The number of carbonyl (C=O) groups is 1. The number of rotatable bonds is 11. The summed E-state index contributed by atoms with van der Waals surface area (Å²) in [5.41, 5.74) is 6.22. The first-order valence-corrected chi connectivity index (χ1v) is 9.56. The van der Waals surface area contributed by atoms with E-state index >= 15 is 0 Å². The summed E-state index contributed by atoms with van der Waals surface area (Å²) in [7, 11) is 0. The van der Waals surface area contributed by atoms with Crippen LogP contribution in [0, 0.1) is 5.82 Å². The highest BCUT2D eigenvalue weighted by molar-refractivity contribution is 7.14. The second-order valence-corrected chi connectivity index (χ2v) is 7.90. The van der Waals surface area contributed by atoms with Crippen LogP contribution in [0.5, 0.6) is 0 Å². The summed E-state index contributed by atoms with van der Waals surface area (Å²) in [6.07, 6.45) is 1.81. The number of hydrogen-bond acceptors (Lipinski definition) is 5. The van der Waals surface area contributed by atoms with Crippen molar-refractivity contribution >= 4 is 17.1 Å². The SMILES string of the molecule is CC(N)(CO)CCc1sc(C(=O)CCCOCc2ccccc2)cc1F. The van der Waals surface area contributed by atoms with E-state index in [1.54, 1.807) is 6.92 Å². The molecule has 0 aliphatic heterocycles. The summed E-state index contributed by atoms with van der Waals surface area (Å²) in [4.78, 5) is 13.2. The molecular formula is C20H26FNO3S. The number of halogens is 1. The number of carbonyl (C=O) groups excluding carboxylic acids is 1. The van der Waals surface area contributed by atoms with Crippen LogP contribution in [0.15, 0.2) is 36.4 Å². The number of ketones is 1. The third-order valence-electron chi connectivity index (χ3n) is 4.12. The Kier molecular flexibility index (Phi) is 7.90. The van der Waals surface area contributed by atoms with Crippen LogP contribution in [-0.2, 0) is 17.8 Å². The lowest BCUT2D eigenvalue weighted by molar-refractivity contribution is 0.0922. The van der Waals surface area contributed by atoms with Gasteiger partial charge in [0.25, 0.3) is 0 Å². The molecule has 26 heavy (non-hydrogen) atoms. The van der Waals surface area contributed by atoms with Crippen LogP contribution in [0.1, 0.15) is 46.3 Å². The van der Waals surface area contributed by atoms with Crippen molar-refractivity contribution in [3.05, 3.63) is 57.5 Å². The van der Waals surface area contributed by atoms with Crippen molar-refractivity contribution in [1.82, 2.24) is 0 Å². The lowest BCUT2D eigenvalue weighted by atomic mass is 9.98. The smallest absolute Gasteiger partial charge is 0.172 e. The van der Waals surface area contributed by atoms with E-state index in [2.05, 4.69) is 0 Å². The van der Waals surface area contributed by atoms with Gasteiger partial charge in [-0.15, -0.1) is 11.3 Å². The first-order chi connectivity index (χ1) is 12.4. The first-order valence-electron chi connectivity index (χ1n) is 8.74. The molecule has 1 aromatic carbocycles. The van der Waals surface area contributed by atoms with Gasteiger partial charge in [0.1, 0.15) is 5.82 Å². The monoisotopic (exact) mass is 379 g/mol. The van der Waals surface area contributed by atoms with E-state index in [4.69, 9.17) is 15.6 Å². The van der Waals surface area contributed by atoms with Gasteiger partial charge in [-0.2, -0.15) is 0 Å². The van der Waals surface area contributed by atoms with Crippen molar-refractivity contribution in [2.45, 2.75) is 44.8 Å². The van der Waals surface area contributed by atoms with E-state index in [1.165, 1.54) is 17.4 Å². The zero-order valence-corrected chi connectivity index (χ0v) is 15.9. The number of ether oxygens (including phenoxy) is 1. The molecule has 0 saturated heterocycles. The molecule has 6 heteroatoms. The fourth-order valence-electron chi connectivity index (χ4n) is 2.41. The summed E-state index contributed by atoms with van der Waals surface area (Å²) in [6.45, 7) is 2.58. The Morgan fingerprint density at radius 3 is 2.77 bits per heavy atom. The van der Waals surface area contributed by atoms with Gasteiger partial charge in [0.2, 0.25) is 0 Å². The molecule has 0 bridgehead atoms. The molecule has 142 valence electrons. The van der Waals surface area contributed by atoms with Crippen molar-refractivity contribution in [3.63, 3.8) is 0 Å². The molecule has 0 spiro atoms. The molecule has 0 aliphatic carbocycles. The molecule has 1 aromatic heterocycles. The summed E-state index contributed by atoms with van der Waals surface area (Å²) in [5, 5.41) is 9.17. The van der Waals surface area contributed by atoms with E-state index in [0.29, 0.717) is 48.7 Å². The fourth-order valence-corrected chi connectivity index (χ4v) is 3.42. The van der Waals surface area contributed by atoms with E-state index in [9.17, 15) is 9.18 Å². The van der Waals surface area contributed by atoms with Crippen LogP contribution in [0.2, 0.25) is 0 Å². The Morgan fingerprint density at radius 2 is 2.08 bits per heavy atom. The van der Waals surface area contributed by atoms with Crippen molar-refractivity contribution in [2.24, 2.45) is 5.73 Å².